The normalized spacial score (nSPS) is 16.6. The first-order valence-electron chi connectivity index (χ1n) is 16.9. The standard InChI is InChI=1S/C39H51ClO3/c1-3-5-7-8-9-10-12-28-42-35-23-18-31(19-24-35)32-20-25-36(26-21-32)43-39(41)34-22-27-37(38(40)29-34)33-16-14-30(15-17-33)13-11-6-4-2/h18-27,29-30,33H,3-17,28H2,1-2H3. The summed E-state index contributed by atoms with van der Waals surface area (Å²) in [7, 11) is 0. The third kappa shape index (κ3) is 10.7. The Balaban J connectivity index is 1.22. The van der Waals surface area contributed by atoms with Crippen molar-refractivity contribution in [3.05, 3.63) is 82.9 Å². The van der Waals surface area contributed by atoms with Crippen LogP contribution in [0.25, 0.3) is 11.1 Å². The van der Waals surface area contributed by atoms with E-state index in [9.17, 15) is 4.79 Å². The number of benzene rings is 3. The van der Waals surface area contributed by atoms with Crippen molar-refractivity contribution < 1.29 is 14.3 Å². The van der Waals surface area contributed by atoms with Crippen LogP contribution in [0.4, 0.5) is 0 Å². The molecule has 3 aromatic rings. The monoisotopic (exact) mass is 602 g/mol. The molecule has 0 atom stereocenters. The third-order valence-corrected chi connectivity index (χ3v) is 9.34. The fourth-order valence-electron chi connectivity index (χ4n) is 6.30. The maximum absolute atomic E-state index is 12.9. The van der Waals surface area contributed by atoms with Crippen molar-refractivity contribution >= 4 is 17.6 Å². The molecule has 1 fully saturated rings. The number of carbonyl (C=O) groups is 1. The van der Waals surface area contributed by atoms with Gasteiger partial charge in [-0.15, -0.1) is 0 Å². The second kappa shape index (κ2) is 18.1. The summed E-state index contributed by atoms with van der Waals surface area (Å²) in [4.78, 5) is 12.9. The number of ether oxygens (including phenoxy) is 2. The zero-order valence-corrected chi connectivity index (χ0v) is 27.2. The highest BCUT2D eigenvalue weighted by molar-refractivity contribution is 6.31. The van der Waals surface area contributed by atoms with E-state index in [-0.39, 0.29) is 5.97 Å². The average Bonchev–Trinajstić information content (AvgIpc) is 3.03. The Morgan fingerprint density at radius 3 is 1.91 bits per heavy atom. The fourth-order valence-corrected chi connectivity index (χ4v) is 6.64. The molecule has 0 radical (unpaired) electrons. The molecule has 4 rings (SSSR count). The largest absolute Gasteiger partial charge is 0.494 e. The second-order valence-electron chi connectivity index (χ2n) is 12.4. The van der Waals surface area contributed by atoms with E-state index in [0.29, 0.717) is 22.3 Å². The van der Waals surface area contributed by atoms with Gasteiger partial charge in [0.05, 0.1) is 12.2 Å². The molecule has 0 heterocycles. The third-order valence-electron chi connectivity index (χ3n) is 9.01. The molecule has 1 aliphatic carbocycles. The van der Waals surface area contributed by atoms with Crippen LogP contribution in [-0.4, -0.2) is 12.6 Å². The van der Waals surface area contributed by atoms with E-state index in [1.54, 1.807) is 6.07 Å². The van der Waals surface area contributed by atoms with Gasteiger partial charge in [-0.1, -0.05) is 120 Å². The second-order valence-corrected chi connectivity index (χ2v) is 12.8. The van der Waals surface area contributed by atoms with Crippen molar-refractivity contribution in [1.29, 1.82) is 0 Å². The Morgan fingerprint density at radius 1 is 0.698 bits per heavy atom. The number of carbonyl (C=O) groups excluding carboxylic acids is 1. The Labute approximate surface area is 265 Å². The topological polar surface area (TPSA) is 35.5 Å². The molecule has 43 heavy (non-hydrogen) atoms. The molecule has 0 amide bonds. The molecule has 0 spiro atoms. The van der Waals surface area contributed by atoms with Gasteiger partial charge in [-0.2, -0.15) is 0 Å². The summed E-state index contributed by atoms with van der Waals surface area (Å²) in [6, 6.07) is 21.5. The van der Waals surface area contributed by atoms with Crippen molar-refractivity contribution in [1.82, 2.24) is 0 Å². The summed E-state index contributed by atoms with van der Waals surface area (Å²) in [5.74, 6) is 2.38. The predicted molar refractivity (Wildman–Crippen MR) is 181 cm³/mol. The maximum atomic E-state index is 12.9. The lowest BCUT2D eigenvalue weighted by molar-refractivity contribution is 0.0734. The van der Waals surface area contributed by atoms with Crippen molar-refractivity contribution in [2.75, 3.05) is 6.61 Å². The van der Waals surface area contributed by atoms with Crippen LogP contribution < -0.4 is 9.47 Å². The van der Waals surface area contributed by atoms with Crippen molar-refractivity contribution in [2.45, 2.75) is 116 Å². The van der Waals surface area contributed by atoms with E-state index in [1.807, 2.05) is 48.5 Å². The minimum Gasteiger partial charge on any atom is -0.494 e. The van der Waals surface area contributed by atoms with Gasteiger partial charge < -0.3 is 9.47 Å². The molecule has 3 aromatic carbocycles. The molecule has 0 bridgehead atoms. The van der Waals surface area contributed by atoms with E-state index in [0.717, 1.165) is 35.8 Å². The van der Waals surface area contributed by atoms with Crippen LogP contribution in [-0.2, 0) is 0 Å². The summed E-state index contributed by atoms with van der Waals surface area (Å²) < 4.78 is 11.6. The van der Waals surface area contributed by atoms with Crippen LogP contribution in [0.2, 0.25) is 5.02 Å². The van der Waals surface area contributed by atoms with Crippen LogP contribution in [0, 0.1) is 5.92 Å². The fraction of sp³-hybridized carbons (Fsp3) is 0.513. The van der Waals surface area contributed by atoms with Crippen LogP contribution >= 0.6 is 11.6 Å². The molecule has 1 saturated carbocycles. The Bertz CT molecular complexity index is 1230. The molecule has 232 valence electrons. The number of esters is 1. The predicted octanol–water partition coefficient (Wildman–Crippen LogP) is 12.2. The maximum Gasteiger partial charge on any atom is 0.343 e. The average molecular weight is 603 g/mol. The smallest absolute Gasteiger partial charge is 0.343 e. The molecular formula is C39H51ClO3. The highest BCUT2D eigenvalue weighted by atomic mass is 35.5. The van der Waals surface area contributed by atoms with E-state index in [2.05, 4.69) is 26.0 Å². The van der Waals surface area contributed by atoms with Crippen molar-refractivity contribution in [3.63, 3.8) is 0 Å². The molecule has 0 N–H and O–H groups in total. The molecule has 0 aromatic heterocycles. The lowest BCUT2D eigenvalue weighted by atomic mass is 9.77. The molecule has 0 saturated heterocycles. The molecule has 1 aliphatic rings. The van der Waals surface area contributed by atoms with E-state index >= 15 is 0 Å². The Hall–Kier alpha value is -2.78. The first kappa shape index (κ1) is 33.1. The molecule has 4 heteroatoms. The van der Waals surface area contributed by atoms with Gasteiger partial charge in [0.2, 0.25) is 0 Å². The lowest BCUT2D eigenvalue weighted by Gasteiger charge is -2.29. The SMILES string of the molecule is CCCCCCCCCOc1ccc(-c2ccc(OC(=O)c3ccc(C4CCC(CCCCC)CC4)c(Cl)c3)cc2)cc1. The number of halogens is 1. The highest BCUT2D eigenvalue weighted by Crippen LogP contribution is 2.40. The van der Waals surface area contributed by atoms with Gasteiger partial charge >= 0.3 is 5.97 Å². The van der Waals surface area contributed by atoms with Gasteiger partial charge in [0.25, 0.3) is 0 Å². The van der Waals surface area contributed by atoms with E-state index in [4.69, 9.17) is 21.1 Å². The zero-order valence-electron chi connectivity index (χ0n) is 26.4. The van der Waals surface area contributed by atoms with Gasteiger partial charge in [-0.05, 0) is 97.0 Å². The van der Waals surface area contributed by atoms with Crippen molar-refractivity contribution in [2.24, 2.45) is 5.92 Å². The quantitative estimate of drug-likeness (QED) is 0.0875. The Morgan fingerprint density at radius 2 is 1.28 bits per heavy atom. The minimum absolute atomic E-state index is 0.386. The molecule has 0 unspecified atom stereocenters. The number of rotatable bonds is 17. The van der Waals surface area contributed by atoms with Crippen LogP contribution in [0.1, 0.15) is 132 Å². The van der Waals surface area contributed by atoms with E-state index in [1.165, 1.54) is 95.5 Å². The van der Waals surface area contributed by atoms with Crippen LogP contribution in [0.5, 0.6) is 11.5 Å². The summed E-state index contributed by atoms with van der Waals surface area (Å²) in [5.41, 5.74) is 3.81. The molecular weight excluding hydrogens is 552 g/mol. The first-order chi connectivity index (χ1) is 21.1. The lowest BCUT2D eigenvalue weighted by Crippen LogP contribution is -2.14. The molecule has 3 nitrogen and oxygen atoms in total. The minimum atomic E-state index is -0.386. The van der Waals surface area contributed by atoms with Gasteiger partial charge in [-0.25, -0.2) is 4.79 Å². The van der Waals surface area contributed by atoms with E-state index < -0.39 is 0 Å². The highest BCUT2D eigenvalue weighted by Gasteiger charge is 2.24. The summed E-state index contributed by atoms with van der Waals surface area (Å²) in [6.07, 6.45) is 19.2. The number of hydrogen-bond donors (Lipinski definition) is 0. The van der Waals surface area contributed by atoms with Gasteiger partial charge in [-0.3, -0.25) is 0 Å². The first-order valence-corrected chi connectivity index (χ1v) is 17.3. The van der Waals surface area contributed by atoms with Crippen LogP contribution in [0.15, 0.2) is 66.7 Å². The summed E-state index contributed by atoms with van der Waals surface area (Å²) in [6.45, 7) is 5.28. The van der Waals surface area contributed by atoms with Crippen LogP contribution in [0.3, 0.4) is 0 Å². The van der Waals surface area contributed by atoms with Gasteiger partial charge in [0.15, 0.2) is 0 Å². The van der Waals surface area contributed by atoms with Gasteiger partial charge in [0, 0.05) is 5.02 Å². The number of unbranched alkanes of at least 4 members (excludes halogenated alkanes) is 8. The summed E-state index contributed by atoms with van der Waals surface area (Å²) in [5, 5.41) is 0.675. The summed E-state index contributed by atoms with van der Waals surface area (Å²) >= 11 is 6.69. The molecule has 0 aliphatic heterocycles. The van der Waals surface area contributed by atoms with Crippen molar-refractivity contribution in [3.8, 4) is 22.6 Å². The number of hydrogen-bond acceptors (Lipinski definition) is 3. The van der Waals surface area contributed by atoms with Gasteiger partial charge in [0.1, 0.15) is 11.5 Å². The zero-order chi connectivity index (χ0) is 30.3. The Kier molecular flexibility index (Phi) is 14.0.